The minimum atomic E-state index is -4.38. The molecule has 2 aromatic carbocycles. The lowest BCUT2D eigenvalue weighted by Crippen LogP contribution is -2.49. The van der Waals surface area contributed by atoms with E-state index >= 15 is 0 Å². The summed E-state index contributed by atoms with van der Waals surface area (Å²) >= 11 is 1.36. The summed E-state index contributed by atoms with van der Waals surface area (Å²) in [5.74, 6) is 0.566. The van der Waals surface area contributed by atoms with Crippen LogP contribution in [0.5, 0.6) is 5.75 Å². The van der Waals surface area contributed by atoms with Gasteiger partial charge in [0.2, 0.25) is 0 Å². The average Bonchev–Trinajstić information content (AvgIpc) is 3.27. The number of carbonyl (C=O) groups is 1. The number of hydrogen-bond acceptors (Lipinski definition) is 5. The minimum Gasteiger partial charge on any atom is -0.486 e. The molecule has 0 radical (unpaired) electrons. The predicted octanol–water partition coefficient (Wildman–Crippen LogP) is 5.01. The van der Waals surface area contributed by atoms with Crippen LogP contribution in [-0.4, -0.2) is 42.0 Å². The van der Waals surface area contributed by atoms with E-state index in [2.05, 4.69) is 4.98 Å². The molecule has 1 aliphatic rings. The maximum Gasteiger partial charge on any atom is 0.416 e. The number of amides is 1. The lowest BCUT2D eigenvalue weighted by Gasteiger charge is -2.36. The molecule has 1 saturated heterocycles. The standard InChI is InChI=1S/C23H22F3N3O2S/c1-16-5-7-19(8-6-16)31-14-21-27-20(15-32-21)22(30)29-11-9-28(10-12-29)18-4-2-3-17(13-18)23(24,25)26/h2-8,13,15H,9-12,14H2,1H3. The van der Waals surface area contributed by atoms with Crippen LogP contribution in [0.4, 0.5) is 18.9 Å². The first-order valence-corrected chi connectivity index (χ1v) is 11.0. The van der Waals surface area contributed by atoms with Crippen molar-refractivity contribution in [2.45, 2.75) is 19.7 Å². The molecule has 4 rings (SSSR count). The molecular weight excluding hydrogens is 439 g/mol. The van der Waals surface area contributed by atoms with Gasteiger partial charge in [-0.1, -0.05) is 23.8 Å². The Hall–Kier alpha value is -3.07. The molecule has 1 aromatic heterocycles. The quantitative estimate of drug-likeness (QED) is 0.536. The van der Waals surface area contributed by atoms with E-state index in [1.54, 1.807) is 16.3 Å². The van der Waals surface area contributed by atoms with Gasteiger partial charge in [-0.3, -0.25) is 4.79 Å². The lowest BCUT2D eigenvalue weighted by atomic mass is 10.1. The molecule has 5 nitrogen and oxygen atoms in total. The third-order valence-electron chi connectivity index (χ3n) is 5.26. The second-order valence-electron chi connectivity index (χ2n) is 7.56. The highest BCUT2D eigenvalue weighted by Crippen LogP contribution is 2.32. The predicted molar refractivity (Wildman–Crippen MR) is 117 cm³/mol. The van der Waals surface area contributed by atoms with E-state index < -0.39 is 11.7 Å². The number of piperazine rings is 1. The van der Waals surface area contributed by atoms with Crippen molar-refractivity contribution in [3.63, 3.8) is 0 Å². The van der Waals surface area contributed by atoms with Gasteiger partial charge in [0.1, 0.15) is 23.1 Å². The fourth-order valence-electron chi connectivity index (χ4n) is 3.46. The molecule has 1 aliphatic heterocycles. The van der Waals surface area contributed by atoms with Gasteiger partial charge in [0.25, 0.3) is 5.91 Å². The maximum atomic E-state index is 13.0. The van der Waals surface area contributed by atoms with Gasteiger partial charge in [-0.05, 0) is 37.3 Å². The van der Waals surface area contributed by atoms with E-state index in [0.717, 1.165) is 23.4 Å². The van der Waals surface area contributed by atoms with Crippen molar-refractivity contribution in [1.29, 1.82) is 0 Å². The van der Waals surface area contributed by atoms with E-state index in [4.69, 9.17) is 4.74 Å². The number of ether oxygens (including phenoxy) is 1. The van der Waals surface area contributed by atoms with Crippen molar-refractivity contribution < 1.29 is 22.7 Å². The maximum absolute atomic E-state index is 13.0. The number of aryl methyl sites for hydroxylation is 1. The third kappa shape index (κ3) is 5.21. The van der Waals surface area contributed by atoms with Crippen LogP contribution in [-0.2, 0) is 12.8 Å². The highest BCUT2D eigenvalue weighted by molar-refractivity contribution is 7.09. The van der Waals surface area contributed by atoms with Gasteiger partial charge in [0, 0.05) is 37.2 Å². The van der Waals surface area contributed by atoms with Crippen LogP contribution in [0.15, 0.2) is 53.9 Å². The lowest BCUT2D eigenvalue weighted by molar-refractivity contribution is -0.137. The van der Waals surface area contributed by atoms with E-state index in [9.17, 15) is 18.0 Å². The summed E-state index contributed by atoms with van der Waals surface area (Å²) in [5, 5.41) is 2.42. The Morgan fingerprint density at radius 1 is 1.09 bits per heavy atom. The number of anilines is 1. The Kier molecular flexibility index (Phi) is 6.36. The molecule has 0 bridgehead atoms. The minimum absolute atomic E-state index is 0.175. The fraction of sp³-hybridized carbons (Fsp3) is 0.304. The normalized spacial score (nSPS) is 14.5. The summed E-state index contributed by atoms with van der Waals surface area (Å²) in [6, 6.07) is 13.0. The van der Waals surface area contributed by atoms with Crippen LogP contribution in [0, 0.1) is 6.92 Å². The number of nitrogens with zero attached hydrogens (tertiary/aromatic N) is 3. The van der Waals surface area contributed by atoms with Crippen molar-refractivity contribution in [1.82, 2.24) is 9.88 Å². The summed E-state index contributed by atoms with van der Waals surface area (Å²) in [4.78, 5) is 20.8. The molecule has 0 aliphatic carbocycles. The first kappa shape index (κ1) is 22.1. The van der Waals surface area contributed by atoms with Crippen molar-refractivity contribution in [3.8, 4) is 5.75 Å². The summed E-state index contributed by atoms with van der Waals surface area (Å²) in [6.45, 7) is 4.04. The van der Waals surface area contributed by atoms with Crippen LogP contribution in [0.2, 0.25) is 0 Å². The Bertz CT molecular complexity index is 1070. The number of aromatic nitrogens is 1. The number of alkyl halides is 3. The summed E-state index contributed by atoms with van der Waals surface area (Å²) in [5.41, 5.74) is 1.35. The molecule has 3 aromatic rings. The largest absolute Gasteiger partial charge is 0.486 e. The monoisotopic (exact) mass is 461 g/mol. The molecule has 9 heteroatoms. The average molecular weight is 462 g/mol. The Morgan fingerprint density at radius 2 is 1.81 bits per heavy atom. The Balaban J connectivity index is 1.32. The van der Waals surface area contributed by atoms with E-state index in [1.807, 2.05) is 36.1 Å². The first-order valence-electron chi connectivity index (χ1n) is 10.1. The molecule has 0 atom stereocenters. The number of halogens is 3. The second kappa shape index (κ2) is 9.20. The fourth-order valence-corrected chi connectivity index (χ4v) is 4.14. The second-order valence-corrected chi connectivity index (χ2v) is 8.50. The Morgan fingerprint density at radius 3 is 2.50 bits per heavy atom. The molecule has 0 unspecified atom stereocenters. The van der Waals surface area contributed by atoms with E-state index in [0.29, 0.717) is 42.6 Å². The highest BCUT2D eigenvalue weighted by Gasteiger charge is 2.31. The summed E-state index contributed by atoms with van der Waals surface area (Å²) in [7, 11) is 0. The van der Waals surface area contributed by atoms with Gasteiger partial charge in [-0.15, -0.1) is 11.3 Å². The summed E-state index contributed by atoms with van der Waals surface area (Å²) < 4.78 is 44.6. The van der Waals surface area contributed by atoms with Crippen LogP contribution in [0.1, 0.15) is 26.6 Å². The van der Waals surface area contributed by atoms with Gasteiger partial charge in [-0.25, -0.2) is 4.98 Å². The van der Waals surface area contributed by atoms with Crippen molar-refractivity contribution in [2.24, 2.45) is 0 Å². The van der Waals surface area contributed by atoms with E-state index in [-0.39, 0.29) is 12.5 Å². The zero-order valence-electron chi connectivity index (χ0n) is 17.4. The van der Waals surface area contributed by atoms with Gasteiger partial charge in [0.15, 0.2) is 0 Å². The molecule has 0 saturated carbocycles. The smallest absolute Gasteiger partial charge is 0.416 e. The van der Waals surface area contributed by atoms with Crippen LogP contribution in [0.3, 0.4) is 0 Å². The van der Waals surface area contributed by atoms with Crippen molar-refractivity contribution in [2.75, 3.05) is 31.1 Å². The zero-order valence-corrected chi connectivity index (χ0v) is 18.2. The molecular formula is C23H22F3N3O2S. The van der Waals surface area contributed by atoms with Crippen LogP contribution >= 0.6 is 11.3 Å². The third-order valence-corrected chi connectivity index (χ3v) is 6.08. The zero-order chi connectivity index (χ0) is 22.7. The number of rotatable bonds is 5. The van der Waals surface area contributed by atoms with E-state index in [1.165, 1.54) is 17.4 Å². The number of benzene rings is 2. The Labute approximate surface area is 188 Å². The van der Waals surface area contributed by atoms with Crippen molar-refractivity contribution >= 4 is 22.9 Å². The number of thiazole rings is 1. The van der Waals surface area contributed by atoms with Crippen LogP contribution in [0.25, 0.3) is 0 Å². The number of carbonyl (C=O) groups excluding carboxylic acids is 1. The van der Waals surface area contributed by atoms with Crippen LogP contribution < -0.4 is 9.64 Å². The van der Waals surface area contributed by atoms with Gasteiger partial charge in [-0.2, -0.15) is 13.2 Å². The molecule has 0 spiro atoms. The molecule has 168 valence electrons. The highest BCUT2D eigenvalue weighted by atomic mass is 32.1. The first-order chi connectivity index (χ1) is 15.3. The van der Waals surface area contributed by atoms with Crippen molar-refractivity contribution in [3.05, 3.63) is 75.7 Å². The van der Waals surface area contributed by atoms with Gasteiger partial charge >= 0.3 is 6.18 Å². The van der Waals surface area contributed by atoms with Gasteiger partial charge < -0.3 is 14.5 Å². The molecule has 32 heavy (non-hydrogen) atoms. The summed E-state index contributed by atoms with van der Waals surface area (Å²) in [6.07, 6.45) is -4.38. The topological polar surface area (TPSA) is 45.7 Å². The molecule has 2 heterocycles. The number of hydrogen-bond donors (Lipinski definition) is 0. The SMILES string of the molecule is Cc1ccc(OCc2nc(C(=O)N3CCN(c4cccc(C(F)(F)F)c4)CC3)cs2)cc1. The molecule has 0 N–H and O–H groups in total. The molecule has 1 amide bonds. The molecule has 1 fully saturated rings. The van der Waals surface area contributed by atoms with Gasteiger partial charge in [0.05, 0.1) is 5.56 Å².